The van der Waals surface area contributed by atoms with Crippen LogP contribution in [0.3, 0.4) is 0 Å². The lowest BCUT2D eigenvalue weighted by Gasteiger charge is -2.20. The van der Waals surface area contributed by atoms with Crippen molar-refractivity contribution >= 4 is 29.2 Å². The summed E-state index contributed by atoms with van der Waals surface area (Å²) in [6, 6.07) is 0. The zero-order chi connectivity index (χ0) is 8.36. The molecule has 0 aromatic carbocycles. The Bertz CT molecular complexity index is 132. The second-order valence-corrected chi connectivity index (χ2v) is 3.62. The molecule has 0 radical (unpaired) electrons. The Morgan fingerprint density at radius 3 is 2.20 bits per heavy atom. The van der Waals surface area contributed by atoms with Crippen LogP contribution in [0, 0.1) is 0 Å². The number of ether oxygens (including phenoxy) is 1. The molecule has 0 aromatic heterocycles. The van der Waals surface area contributed by atoms with Crippen LogP contribution < -0.4 is 0 Å². The summed E-state index contributed by atoms with van der Waals surface area (Å²) >= 11 is 11.3. The Morgan fingerprint density at radius 1 is 1.70 bits per heavy atom. The van der Waals surface area contributed by atoms with Gasteiger partial charge in [-0.3, -0.25) is 4.79 Å². The fourth-order valence-electron chi connectivity index (χ4n) is 0.362. The number of rotatable bonds is 2. The molecule has 4 heteroatoms. The van der Waals surface area contributed by atoms with Gasteiger partial charge in [0.15, 0.2) is 4.87 Å². The Balaban J connectivity index is 4.24. The average molecular weight is 185 g/mol. The summed E-state index contributed by atoms with van der Waals surface area (Å²) in [4.78, 5) is 9.72. The second kappa shape index (κ2) is 3.44. The van der Waals surface area contributed by atoms with E-state index in [2.05, 4.69) is 4.74 Å². The van der Waals surface area contributed by atoms with Gasteiger partial charge in [0, 0.05) is 0 Å². The van der Waals surface area contributed by atoms with Crippen LogP contribution in [0.1, 0.15) is 13.8 Å². The molecule has 0 aliphatic rings. The van der Waals surface area contributed by atoms with Gasteiger partial charge in [-0.1, -0.05) is 0 Å². The maximum Gasteiger partial charge on any atom is 0.328 e. The Hall–Kier alpha value is 0.0500. The van der Waals surface area contributed by atoms with Crippen LogP contribution in [-0.2, 0) is 9.53 Å². The number of halogens is 2. The molecule has 0 saturated carbocycles. The lowest BCUT2D eigenvalue weighted by atomic mass is 10.1. The molecule has 0 aliphatic heterocycles. The fraction of sp³-hybridized carbons (Fsp3) is 0.833. The van der Waals surface area contributed by atoms with Gasteiger partial charge in [-0.15, -0.1) is 23.2 Å². The van der Waals surface area contributed by atoms with E-state index in [1.807, 2.05) is 0 Å². The first-order valence-corrected chi connectivity index (χ1v) is 3.65. The second-order valence-electron chi connectivity index (χ2n) is 2.18. The molecule has 60 valence electrons. The van der Waals surface area contributed by atoms with Crippen molar-refractivity contribution in [2.75, 3.05) is 7.11 Å². The zero-order valence-electron chi connectivity index (χ0n) is 6.15. The van der Waals surface area contributed by atoms with E-state index in [0.717, 1.165) is 0 Å². The first-order valence-electron chi connectivity index (χ1n) is 2.84. The van der Waals surface area contributed by atoms with Gasteiger partial charge in [0.25, 0.3) is 0 Å². The molecule has 2 unspecified atom stereocenters. The van der Waals surface area contributed by atoms with Crippen molar-refractivity contribution in [1.82, 2.24) is 0 Å². The molecule has 0 spiro atoms. The van der Waals surface area contributed by atoms with E-state index in [9.17, 15) is 4.79 Å². The van der Waals surface area contributed by atoms with Gasteiger partial charge in [0.05, 0.1) is 12.5 Å². The van der Waals surface area contributed by atoms with Gasteiger partial charge >= 0.3 is 5.97 Å². The largest absolute Gasteiger partial charge is 0.468 e. The summed E-state index contributed by atoms with van der Waals surface area (Å²) in [6.45, 7) is 3.17. The highest BCUT2D eigenvalue weighted by Crippen LogP contribution is 2.24. The topological polar surface area (TPSA) is 26.3 Å². The van der Waals surface area contributed by atoms with Gasteiger partial charge in [-0.2, -0.15) is 0 Å². The number of alkyl halides is 2. The van der Waals surface area contributed by atoms with Crippen LogP contribution >= 0.6 is 23.2 Å². The lowest BCUT2D eigenvalue weighted by molar-refractivity contribution is -0.143. The standard InChI is InChI=1S/C6H10Cl2O2/c1-4(7)6(2,8)5(9)10-3/h4H,1-3H3. The summed E-state index contributed by atoms with van der Waals surface area (Å²) in [7, 11) is 1.28. The van der Waals surface area contributed by atoms with Crippen molar-refractivity contribution in [3.05, 3.63) is 0 Å². The third kappa shape index (κ3) is 2.03. The molecule has 2 nitrogen and oxygen atoms in total. The molecule has 0 aliphatic carbocycles. The monoisotopic (exact) mass is 184 g/mol. The Kier molecular flexibility index (Phi) is 3.46. The summed E-state index contributed by atoms with van der Waals surface area (Å²) in [5.74, 6) is -0.503. The normalized spacial score (nSPS) is 19.3. The van der Waals surface area contributed by atoms with E-state index in [1.54, 1.807) is 6.92 Å². The number of hydrogen-bond donors (Lipinski definition) is 0. The van der Waals surface area contributed by atoms with Gasteiger partial charge in [0.1, 0.15) is 0 Å². The number of methoxy groups -OCH3 is 1. The SMILES string of the molecule is COC(=O)C(C)(Cl)C(C)Cl. The van der Waals surface area contributed by atoms with Crippen molar-refractivity contribution < 1.29 is 9.53 Å². The summed E-state index contributed by atoms with van der Waals surface area (Å²) < 4.78 is 4.42. The van der Waals surface area contributed by atoms with E-state index >= 15 is 0 Å². The first kappa shape index (κ1) is 10.0. The number of hydrogen-bond acceptors (Lipinski definition) is 2. The number of carbonyl (C=O) groups is 1. The minimum absolute atomic E-state index is 0.443. The van der Waals surface area contributed by atoms with Crippen molar-refractivity contribution in [1.29, 1.82) is 0 Å². The first-order chi connectivity index (χ1) is 4.42. The molecule has 2 atom stereocenters. The molecular weight excluding hydrogens is 175 g/mol. The van der Waals surface area contributed by atoms with Crippen LogP contribution in [0.25, 0.3) is 0 Å². The molecule has 0 bridgehead atoms. The van der Waals surface area contributed by atoms with Crippen molar-refractivity contribution in [3.63, 3.8) is 0 Å². The summed E-state index contributed by atoms with van der Waals surface area (Å²) in [5, 5.41) is -0.443. The minimum atomic E-state index is -1.11. The number of esters is 1. The highest BCUT2D eigenvalue weighted by Gasteiger charge is 2.36. The number of carbonyl (C=O) groups excluding carboxylic acids is 1. The lowest BCUT2D eigenvalue weighted by Crippen LogP contribution is -2.37. The van der Waals surface area contributed by atoms with E-state index in [0.29, 0.717) is 0 Å². The van der Waals surface area contributed by atoms with E-state index in [-0.39, 0.29) is 0 Å². The quantitative estimate of drug-likeness (QED) is 0.484. The maximum atomic E-state index is 10.8. The van der Waals surface area contributed by atoms with Crippen LogP contribution in [0.2, 0.25) is 0 Å². The molecule has 0 rings (SSSR count). The predicted octanol–water partition coefficient (Wildman–Crippen LogP) is 1.78. The molecule has 0 N–H and O–H groups in total. The van der Waals surface area contributed by atoms with Crippen molar-refractivity contribution in [3.8, 4) is 0 Å². The van der Waals surface area contributed by atoms with Gasteiger partial charge < -0.3 is 4.74 Å². The summed E-state index contributed by atoms with van der Waals surface area (Å²) in [6.07, 6.45) is 0. The van der Waals surface area contributed by atoms with E-state index in [1.165, 1.54) is 14.0 Å². The molecule has 0 saturated heterocycles. The summed E-state index contributed by atoms with van der Waals surface area (Å²) in [5.41, 5.74) is 0. The zero-order valence-corrected chi connectivity index (χ0v) is 7.66. The molecule has 0 fully saturated rings. The fourth-order valence-corrected chi connectivity index (χ4v) is 0.528. The van der Waals surface area contributed by atoms with Gasteiger partial charge in [-0.05, 0) is 13.8 Å². The highest BCUT2D eigenvalue weighted by atomic mass is 35.5. The van der Waals surface area contributed by atoms with Crippen LogP contribution in [0.15, 0.2) is 0 Å². The van der Waals surface area contributed by atoms with Crippen LogP contribution in [0.5, 0.6) is 0 Å². The van der Waals surface area contributed by atoms with Gasteiger partial charge in [0.2, 0.25) is 0 Å². The van der Waals surface area contributed by atoms with E-state index in [4.69, 9.17) is 23.2 Å². The smallest absolute Gasteiger partial charge is 0.328 e. The predicted molar refractivity (Wildman–Crippen MR) is 41.6 cm³/mol. The van der Waals surface area contributed by atoms with Crippen molar-refractivity contribution in [2.24, 2.45) is 0 Å². The Morgan fingerprint density at radius 2 is 2.10 bits per heavy atom. The molecular formula is C6H10Cl2O2. The van der Waals surface area contributed by atoms with Crippen LogP contribution in [-0.4, -0.2) is 23.3 Å². The van der Waals surface area contributed by atoms with Crippen LogP contribution in [0.4, 0.5) is 0 Å². The molecule has 10 heavy (non-hydrogen) atoms. The maximum absolute atomic E-state index is 10.8. The molecule has 0 amide bonds. The third-order valence-corrected chi connectivity index (χ3v) is 2.36. The highest BCUT2D eigenvalue weighted by molar-refractivity contribution is 6.40. The van der Waals surface area contributed by atoms with Gasteiger partial charge in [-0.25, -0.2) is 0 Å². The van der Waals surface area contributed by atoms with E-state index < -0.39 is 16.2 Å². The molecule has 0 aromatic rings. The Labute approximate surface area is 70.4 Å². The molecule has 0 heterocycles. The minimum Gasteiger partial charge on any atom is -0.468 e. The van der Waals surface area contributed by atoms with Crippen molar-refractivity contribution in [2.45, 2.75) is 24.1 Å². The third-order valence-electron chi connectivity index (χ3n) is 1.33. The average Bonchev–Trinajstić information content (AvgIpc) is 1.86.